The van der Waals surface area contributed by atoms with Gasteiger partial charge in [-0.25, -0.2) is 0 Å². The number of terminal acetylenes is 1. The molecule has 1 aliphatic heterocycles. The molecule has 0 bridgehead atoms. The third-order valence-electron chi connectivity index (χ3n) is 6.18. The van der Waals surface area contributed by atoms with E-state index >= 15 is 0 Å². The molecule has 3 atom stereocenters. The van der Waals surface area contributed by atoms with E-state index in [4.69, 9.17) is 6.42 Å². The molecule has 0 aromatic carbocycles. The maximum absolute atomic E-state index is 13.4. The Morgan fingerprint density at radius 1 is 1.15 bits per heavy atom. The van der Waals surface area contributed by atoms with Crippen molar-refractivity contribution < 1.29 is 24.0 Å². The Morgan fingerprint density at radius 2 is 1.82 bits per heavy atom. The number of hydrogen-bond donors (Lipinski definition) is 3. The zero-order valence-corrected chi connectivity index (χ0v) is 20.3. The van der Waals surface area contributed by atoms with Gasteiger partial charge in [0.15, 0.2) is 0 Å². The number of hydrogen-bond acceptors (Lipinski definition) is 5. The molecule has 3 N–H and O–H groups in total. The summed E-state index contributed by atoms with van der Waals surface area (Å²) in [5, 5.41) is 7.75. The van der Waals surface area contributed by atoms with Crippen molar-refractivity contribution >= 4 is 29.4 Å². The molecule has 0 aromatic heterocycles. The zero-order valence-electron chi connectivity index (χ0n) is 20.3. The molecule has 9 heteroatoms. The number of amides is 4. The molecule has 0 spiro atoms. The lowest BCUT2D eigenvalue weighted by Gasteiger charge is -2.35. The highest BCUT2D eigenvalue weighted by Gasteiger charge is 2.42. The highest BCUT2D eigenvalue weighted by molar-refractivity contribution is 6.38. The number of nitrogens with one attached hydrogen (secondary N) is 3. The number of rotatable bonds is 11. The Bertz CT molecular complexity index is 866. The molecule has 1 saturated carbocycles. The van der Waals surface area contributed by atoms with Crippen molar-refractivity contribution in [2.24, 2.45) is 11.3 Å². The first kappa shape index (κ1) is 27.1. The van der Waals surface area contributed by atoms with Crippen molar-refractivity contribution in [1.29, 1.82) is 0 Å². The van der Waals surface area contributed by atoms with Gasteiger partial charge < -0.3 is 20.9 Å². The summed E-state index contributed by atoms with van der Waals surface area (Å²) in [6.07, 6.45) is 10.9. The SMILES string of the molecule is C#CC(=O)N[C@H](C(=O)N1CCC[C@H]1C(=O)NC(CCC1CC1)C(=O)C(=O)NCC=C)C(C)(C)C. The summed E-state index contributed by atoms with van der Waals surface area (Å²) in [5.74, 6) is -0.597. The molecule has 2 fully saturated rings. The van der Waals surface area contributed by atoms with Crippen LogP contribution in [0, 0.1) is 23.7 Å². The van der Waals surface area contributed by atoms with Crippen molar-refractivity contribution in [2.75, 3.05) is 13.1 Å². The average Bonchev–Trinajstić information content (AvgIpc) is 3.49. The van der Waals surface area contributed by atoms with Gasteiger partial charge in [-0.15, -0.1) is 13.0 Å². The minimum Gasteiger partial charge on any atom is -0.346 e. The second-order valence-corrected chi connectivity index (χ2v) is 10.1. The number of likely N-dealkylation sites (tertiary alicyclic amines) is 1. The molecular weight excluding hydrogens is 436 g/mol. The molecule has 1 heterocycles. The highest BCUT2D eigenvalue weighted by atomic mass is 16.2. The fourth-order valence-electron chi connectivity index (χ4n) is 4.05. The second kappa shape index (κ2) is 11.8. The van der Waals surface area contributed by atoms with Crippen LogP contribution in [0.2, 0.25) is 0 Å². The number of ketones is 1. The van der Waals surface area contributed by atoms with E-state index in [1.54, 1.807) is 20.8 Å². The fraction of sp³-hybridized carbons (Fsp3) is 0.640. The quantitative estimate of drug-likeness (QED) is 0.232. The smallest absolute Gasteiger partial charge is 0.296 e. The summed E-state index contributed by atoms with van der Waals surface area (Å²) in [4.78, 5) is 64.8. The van der Waals surface area contributed by atoms with Crippen LogP contribution >= 0.6 is 0 Å². The molecular formula is C25H36N4O5. The maximum Gasteiger partial charge on any atom is 0.296 e. The van der Waals surface area contributed by atoms with Gasteiger partial charge in [-0.1, -0.05) is 39.7 Å². The van der Waals surface area contributed by atoms with Gasteiger partial charge in [0.25, 0.3) is 11.8 Å². The summed E-state index contributed by atoms with van der Waals surface area (Å²) in [6.45, 7) is 9.40. The van der Waals surface area contributed by atoms with Gasteiger partial charge in [-0.2, -0.15) is 0 Å². The number of nitrogens with zero attached hydrogens (tertiary/aromatic N) is 1. The normalized spacial score (nSPS) is 19.4. The Kier molecular flexibility index (Phi) is 9.42. The lowest BCUT2D eigenvalue weighted by Crippen LogP contribution is -2.58. The summed E-state index contributed by atoms with van der Waals surface area (Å²) in [6, 6.07) is -2.68. The molecule has 0 radical (unpaired) electrons. The van der Waals surface area contributed by atoms with E-state index in [1.165, 1.54) is 11.0 Å². The van der Waals surface area contributed by atoms with E-state index in [-0.39, 0.29) is 6.54 Å². The summed E-state index contributed by atoms with van der Waals surface area (Å²) < 4.78 is 0. The number of carbonyl (C=O) groups excluding carboxylic acids is 5. The van der Waals surface area contributed by atoms with Crippen LogP contribution in [0.25, 0.3) is 0 Å². The molecule has 0 aromatic rings. The van der Waals surface area contributed by atoms with Crippen molar-refractivity contribution in [3.63, 3.8) is 0 Å². The van der Waals surface area contributed by atoms with Gasteiger partial charge >= 0.3 is 0 Å². The third-order valence-corrected chi connectivity index (χ3v) is 6.18. The van der Waals surface area contributed by atoms with Crippen LogP contribution in [0.3, 0.4) is 0 Å². The fourth-order valence-corrected chi connectivity index (χ4v) is 4.05. The summed E-state index contributed by atoms with van der Waals surface area (Å²) >= 11 is 0. The Morgan fingerprint density at radius 3 is 2.38 bits per heavy atom. The van der Waals surface area contributed by atoms with Crippen LogP contribution in [0.1, 0.15) is 59.3 Å². The molecule has 9 nitrogen and oxygen atoms in total. The lowest BCUT2D eigenvalue weighted by molar-refractivity contribution is -0.144. The number of Topliss-reactive ketones (excluding diaryl/α,β-unsaturated/α-hetero) is 1. The van der Waals surface area contributed by atoms with Crippen LogP contribution in [0.15, 0.2) is 12.7 Å². The summed E-state index contributed by atoms with van der Waals surface area (Å²) in [5.41, 5.74) is -0.640. The van der Waals surface area contributed by atoms with Crippen molar-refractivity contribution in [2.45, 2.75) is 77.4 Å². The van der Waals surface area contributed by atoms with Crippen LogP contribution in [0.4, 0.5) is 0 Å². The third kappa shape index (κ3) is 7.44. The van der Waals surface area contributed by atoms with E-state index in [9.17, 15) is 24.0 Å². The molecule has 2 rings (SSSR count). The van der Waals surface area contributed by atoms with E-state index < -0.39 is 53.0 Å². The van der Waals surface area contributed by atoms with E-state index in [0.717, 1.165) is 19.3 Å². The molecule has 4 amide bonds. The first-order chi connectivity index (χ1) is 16.0. The van der Waals surface area contributed by atoms with Gasteiger partial charge in [0, 0.05) is 13.1 Å². The van der Waals surface area contributed by atoms with Crippen LogP contribution in [-0.4, -0.2) is 65.5 Å². The van der Waals surface area contributed by atoms with Gasteiger partial charge in [0.05, 0.1) is 6.04 Å². The molecule has 34 heavy (non-hydrogen) atoms. The van der Waals surface area contributed by atoms with Gasteiger partial charge in [-0.05, 0) is 42.9 Å². The first-order valence-corrected chi connectivity index (χ1v) is 11.8. The molecule has 2 aliphatic rings. The van der Waals surface area contributed by atoms with Crippen LogP contribution in [0.5, 0.6) is 0 Å². The first-order valence-electron chi connectivity index (χ1n) is 11.8. The predicted molar refractivity (Wildman–Crippen MR) is 127 cm³/mol. The second-order valence-electron chi connectivity index (χ2n) is 10.1. The molecule has 1 saturated heterocycles. The minimum atomic E-state index is -0.963. The predicted octanol–water partition coefficient (Wildman–Crippen LogP) is 0.688. The molecule has 1 unspecified atom stereocenters. The number of carbonyl (C=O) groups is 5. The van der Waals surface area contributed by atoms with Gasteiger partial charge in [0.2, 0.25) is 17.6 Å². The molecule has 1 aliphatic carbocycles. The largest absolute Gasteiger partial charge is 0.346 e. The maximum atomic E-state index is 13.4. The topological polar surface area (TPSA) is 125 Å². The standard InChI is InChI=1S/C25H36N4O5/c1-6-14-26-23(33)20(31)17(13-12-16-10-11-16)27-22(32)18-9-8-15-29(18)24(34)21(25(3,4)5)28-19(30)7-2/h2,6,16-18,21H,1,8-15H2,3-5H3,(H,26,33)(H,27,32)(H,28,30)/t17?,18-,21+/m0/s1. The van der Waals surface area contributed by atoms with Crippen LogP contribution in [-0.2, 0) is 24.0 Å². The van der Waals surface area contributed by atoms with Gasteiger partial charge in [0.1, 0.15) is 12.1 Å². The van der Waals surface area contributed by atoms with Crippen molar-refractivity contribution in [1.82, 2.24) is 20.9 Å². The Hall–Kier alpha value is -3.15. The average molecular weight is 473 g/mol. The van der Waals surface area contributed by atoms with E-state index in [2.05, 4.69) is 22.5 Å². The van der Waals surface area contributed by atoms with E-state index in [0.29, 0.717) is 31.7 Å². The molecule has 186 valence electrons. The minimum absolute atomic E-state index is 0.149. The van der Waals surface area contributed by atoms with E-state index in [1.807, 2.05) is 5.92 Å². The van der Waals surface area contributed by atoms with Crippen molar-refractivity contribution in [3.05, 3.63) is 12.7 Å². The Balaban J connectivity index is 2.14. The monoisotopic (exact) mass is 472 g/mol. The van der Waals surface area contributed by atoms with Crippen molar-refractivity contribution in [3.8, 4) is 12.3 Å². The lowest BCUT2D eigenvalue weighted by atomic mass is 9.85. The van der Waals surface area contributed by atoms with Crippen LogP contribution < -0.4 is 16.0 Å². The summed E-state index contributed by atoms with van der Waals surface area (Å²) in [7, 11) is 0. The van der Waals surface area contributed by atoms with Gasteiger partial charge in [-0.3, -0.25) is 24.0 Å². The Labute approximate surface area is 201 Å². The highest BCUT2D eigenvalue weighted by Crippen LogP contribution is 2.34. The zero-order chi connectivity index (χ0) is 25.5.